The van der Waals surface area contributed by atoms with Gasteiger partial charge in [0.25, 0.3) is 16.8 Å². The summed E-state index contributed by atoms with van der Waals surface area (Å²) >= 11 is 1.70. The average Bonchev–Trinajstić information content (AvgIpc) is 3.75. The van der Waals surface area contributed by atoms with E-state index in [1.807, 2.05) is 55.6 Å². The van der Waals surface area contributed by atoms with E-state index in [0.717, 1.165) is 62.9 Å². The van der Waals surface area contributed by atoms with Crippen molar-refractivity contribution < 1.29 is 36.8 Å². The predicted molar refractivity (Wildman–Crippen MR) is 214 cm³/mol. The molecule has 11 nitrogen and oxygen atoms in total. The highest BCUT2D eigenvalue weighted by molar-refractivity contribution is 7.85. The molecule has 1 fully saturated rings. The number of fused-ring (bicyclic) bond motifs is 2. The number of unbranched alkanes of at least 4 members (excludes halogenated alkanes) is 2. The van der Waals surface area contributed by atoms with Gasteiger partial charge in [-0.05, 0) is 67.3 Å². The van der Waals surface area contributed by atoms with Crippen LogP contribution in [0.3, 0.4) is 0 Å². The van der Waals surface area contributed by atoms with E-state index in [2.05, 4.69) is 82.8 Å². The van der Waals surface area contributed by atoms with Crippen LogP contribution in [0.1, 0.15) is 69.4 Å². The number of imide groups is 1. The van der Waals surface area contributed by atoms with Gasteiger partial charge in [-0.3, -0.25) is 9.59 Å². The number of carbonyl (C=O) groups is 3. The molecule has 2 aliphatic heterocycles. The topological polar surface area (TPSA) is 131 Å². The Morgan fingerprint density at radius 2 is 1.65 bits per heavy atom. The molecule has 1 saturated heterocycles. The number of amides is 2. The van der Waals surface area contributed by atoms with Gasteiger partial charge >= 0.3 is 5.97 Å². The Bertz CT molecular complexity index is 2250. The number of hydrogen-bond donors (Lipinski definition) is 0. The van der Waals surface area contributed by atoms with Gasteiger partial charge in [0.05, 0.1) is 10.1 Å². The van der Waals surface area contributed by atoms with Crippen LogP contribution in [0.2, 0.25) is 0 Å². The lowest BCUT2D eigenvalue weighted by molar-refractivity contribution is -0.669. The largest absolute Gasteiger partial charge is 0.748 e. The summed E-state index contributed by atoms with van der Waals surface area (Å²) in [5.74, 6) is -1.96. The van der Waals surface area contributed by atoms with E-state index < -0.39 is 39.1 Å². The molecule has 0 saturated carbocycles. The molecule has 3 heterocycles. The van der Waals surface area contributed by atoms with Gasteiger partial charge in [0.15, 0.2) is 6.54 Å². The summed E-state index contributed by atoms with van der Waals surface area (Å²) in [6.45, 7) is 5.46. The highest BCUT2D eigenvalue weighted by atomic mass is 32.2. The Morgan fingerprint density at radius 1 is 0.927 bits per heavy atom. The monoisotopic (exact) mass is 782 g/mol. The van der Waals surface area contributed by atoms with Crippen LogP contribution in [0.25, 0.3) is 16.3 Å². The zero-order valence-corrected chi connectivity index (χ0v) is 33.0. The van der Waals surface area contributed by atoms with E-state index in [-0.39, 0.29) is 25.7 Å². The summed E-state index contributed by atoms with van der Waals surface area (Å²) < 4.78 is 37.9. The molecular formula is C42H46N4O7S2. The quantitative estimate of drug-likeness (QED) is 0.0378. The molecule has 0 atom stereocenters. The van der Waals surface area contributed by atoms with Crippen LogP contribution in [0, 0.1) is 0 Å². The highest BCUT2D eigenvalue weighted by Gasteiger charge is 2.40. The molecule has 0 unspecified atom stereocenters. The van der Waals surface area contributed by atoms with Crippen LogP contribution in [-0.2, 0) is 41.3 Å². The third-order valence-corrected chi connectivity index (χ3v) is 11.9. The van der Waals surface area contributed by atoms with Gasteiger partial charge in [-0.15, -0.1) is 5.06 Å². The molecule has 1 aromatic heterocycles. The number of carbonyl (C=O) groups excluding carboxylic acids is 3. The first-order chi connectivity index (χ1) is 26.3. The van der Waals surface area contributed by atoms with Crippen molar-refractivity contribution >= 4 is 72.6 Å². The SMILES string of the molecule is CN(c1ccccc1)c1ccc2c(c1)C(C)(C)\C(=C/C=C/C=C/c1sc3ccccc3[n+]1CCCCCC(=O)ON1C(=O)CCC1=O)N2CCCS(=O)(=O)[O-]. The standard InChI is InChI=1S/C42H46N4O7S2/c1-42(2)33-30-32(43(3)31-16-7-4-8-17-31)23-24-34(33)44(28-15-29-55(50,51)52)37(42)20-9-5-10-21-40-45(35-18-12-13-19-36(35)54-40)27-14-6-11-22-41(49)53-46-38(47)25-26-39(46)48/h4-5,7-10,12-13,16-21,23-24,30H,6,11,14-15,22,25-29H2,1-3H3. The lowest BCUT2D eigenvalue weighted by atomic mass is 9.83. The van der Waals surface area contributed by atoms with Crippen molar-refractivity contribution in [3.8, 4) is 0 Å². The number of aromatic nitrogens is 1. The van der Waals surface area contributed by atoms with E-state index in [0.29, 0.717) is 18.0 Å². The summed E-state index contributed by atoms with van der Waals surface area (Å²) in [4.78, 5) is 44.9. The number of benzene rings is 3. The Morgan fingerprint density at radius 3 is 2.40 bits per heavy atom. The van der Waals surface area contributed by atoms with E-state index >= 15 is 0 Å². The minimum atomic E-state index is -4.34. The van der Waals surface area contributed by atoms with Gasteiger partial charge in [-0.2, -0.15) is 4.57 Å². The first-order valence-electron chi connectivity index (χ1n) is 18.5. The van der Waals surface area contributed by atoms with Crippen molar-refractivity contribution in [2.45, 2.75) is 70.8 Å². The molecule has 4 aromatic rings. The van der Waals surface area contributed by atoms with Crippen molar-refractivity contribution in [2.75, 3.05) is 29.1 Å². The lowest BCUT2D eigenvalue weighted by Gasteiger charge is -2.27. The summed E-state index contributed by atoms with van der Waals surface area (Å²) in [5.41, 5.74) is 5.95. The first kappa shape index (κ1) is 39.6. The smallest absolute Gasteiger partial charge is 0.333 e. The zero-order valence-electron chi connectivity index (χ0n) is 31.3. The molecule has 288 valence electrons. The Hall–Kier alpha value is -5.11. The molecule has 0 N–H and O–H groups in total. The van der Waals surface area contributed by atoms with Crippen LogP contribution in [-0.4, -0.2) is 55.2 Å². The van der Waals surface area contributed by atoms with Crippen molar-refractivity contribution in [1.29, 1.82) is 0 Å². The normalized spacial score (nSPS) is 16.3. The second-order valence-corrected chi connectivity index (χ2v) is 16.8. The number of hydroxylamine groups is 2. The third kappa shape index (κ3) is 9.41. The number of rotatable bonds is 16. The molecule has 0 radical (unpaired) electrons. The molecule has 13 heteroatoms. The molecule has 0 aliphatic carbocycles. The number of hydrogen-bond acceptors (Lipinski definition) is 10. The minimum absolute atomic E-state index is 0.0723. The molecule has 55 heavy (non-hydrogen) atoms. The molecule has 3 aromatic carbocycles. The first-order valence-corrected chi connectivity index (χ1v) is 20.9. The van der Waals surface area contributed by atoms with Gasteiger partial charge in [0.2, 0.25) is 5.52 Å². The van der Waals surface area contributed by atoms with Gasteiger partial charge in [0, 0.05) is 85.3 Å². The van der Waals surface area contributed by atoms with Crippen molar-refractivity contribution in [1.82, 2.24) is 5.06 Å². The van der Waals surface area contributed by atoms with Gasteiger partial charge < -0.3 is 19.2 Å². The number of nitrogens with zero attached hydrogens (tertiary/aromatic N) is 4. The second-order valence-electron chi connectivity index (χ2n) is 14.2. The van der Waals surface area contributed by atoms with E-state index in [4.69, 9.17) is 4.84 Å². The summed E-state index contributed by atoms with van der Waals surface area (Å²) in [5, 5.41) is 1.67. The van der Waals surface area contributed by atoms with Crippen LogP contribution in [0.15, 0.2) is 103 Å². The predicted octanol–water partition coefficient (Wildman–Crippen LogP) is 7.31. The fourth-order valence-electron chi connectivity index (χ4n) is 7.09. The van der Waals surface area contributed by atoms with Gasteiger partial charge in [-0.25, -0.2) is 13.2 Å². The van der Waals surface area contributed by atoms with Gasteiger partial charge in [-0.1, -0.05) is 73.7 Å². The Balaban J connectivity index is 1.15. The van der Waals surface area contributed by atoms with Crippen molar-refractivity contribution in [3.05, 3.63) is 113 Å². The summed E-state index contributed by atoms with van der Waals surface area (Å²) in [6.07, 6.45) is 12.8. The number of aryl methyl sites for hydroxylation is 1. The fraction of sp³-hybridized carbons (Fsp3) is 0.333. The highest BCUT2D eigenvalue weighted by Crippen LogP contribution is 2.49. The number of thiazole rings is 1. The van der Waals surface area contributed by atoms with Crippen molar-refractivity contribution in [3.63, 3.8) is 0 Å². The van der Waals surface area contributed by atoms with E-state index in [1.165, 1.54) is 0 Å². The maximum absolute atomic E-state index is 12.2. The van der Waals surface area contributed by atoms with E-state index in [9.17, 15) is 27.4 Å². The third-order valence-electron chi connectivity index (χ3n) is 10.00. The molecule has 2 amide bonds. The minimum Gasteiger partial charge on any atom is -0.748 e. The maximum atomic E-state index is 12.2. The fourth-order valence-corrected chi connectivity index (χ4v) is 8.67. The number of allylic oxidation sites excluding steroid dienone is 5. The van der Waals surface area contributed by atoms with Crippen LogP contribution >= 0.6 is 11.3 Å². The summed E-state index contributed by atoms with van der Waals surface area (Å²) in [6, 6.07) is 24.7. The molecule has 2 aliphatic rings. The Labute approximate surface area is 326 Å². The number of para-hydroxylation sites is 2. The van der Waals surface area contributed by atoms with Crippen LogP contribution in [0.5, 0.6) is 0 Å². The van der Waals surface area contributed by atoms with E-state index in [1.54, 1.807) is 11.3 Å². The van der Waals surface area contributed by atoms with Gasteiger partial charge in [0.1, 0.15) is 4.70 Å². The molecule has 0 spiro atoms. The second kappa shape index (κ2) is 17.1. The van der Waals surface area contributed by atoms with Crippen LogP contribution in [0.4, 0.5) is 17.1 Å². The summed E-state index contributed by atoms with van der Waals surface area (Å²) in [7, 11) is -2.31. The Kier molecular flexibility index (Phi) is 12.3. The lowest BCUT2D eigenvalue weighted by Crippen LogP contribution is -2.35. The average molecular weight is 783 g/mol. The maximum Gasteiger partial charge on any atom is 0.333 e. The van der Waals surface area contributed by atoms with Crippen LogP contribution < -0.4 is 14.4 Å². The molecule has 6 rings (SSSR count). The molecule has 0 bridgehead atoms. The zero-order chi connectivity index (χ0) is 39.2. The van der Waals surface area contributed by atoms with Crippen molar-refractivity contribution in [2.24, 2.45) is 0 Å². The molecular weight excluding hydrogens is 737 g/mol. The number of anilines is 3.